The fraction of sp³-hybridized carbons (Fsp3) is 0.316. The van der Waals surface area contributed by atoms with Crippen LogP contribution in [0.1, 0.15) is 18.4 Å². The van der Waals surface area contributed by atoms with Gasteiger partial charge in [0, 0.05) is 28.7 Å². The molecule has 0 bridgehead atoms. The van der Waals surface area contributed by atoms with Crippen molar-refractivity contribution in [2.75, 3.05) is 18.4 Å². The molecular weight excluding hydrogens is 445 g/mol. The minimum Gasteiger partial charge on any atom is -0.321 e. The molecule has 29 heavy (non-hydrogen) atoms. The third-order valence-electron chi connectivity index (χ3n) is 4.75. The highest BCUT2D eigenvalue weighted by Gasteiger charge is 2.33. The Bertz CT molecular complexity index is 994. The van der Waals surface area contributed by atoms with E-state index in [1.807, 2.05) is 0 Å². The molecule has 2 aromatic carbocycles. The highest BCUT2D eigenvalue weighted by molar-refractivity contribution is 7.88. The van der Waals surface area contributed by atoms with Gasteiger partial charge in [0.2, 0.25) is 15.9 Å². The van der Waals surface area contributed by atoms with E-state index in [0.717, 1.165) is 12.1 Å². The molecule has 0 radical (unpaired) electrons. The predicted molar refractivity (Wildman–Crippen MR) is 108 cm³/mol. The average molecular weight is 463 g/mol. The largest absolute Gasteiger partial charge is 0.321 e. The van der Waals surface area contributed by atoms with Crippen LogP contribution in [0.25, 0.3) is 0 Å². The number of halogens is 4. The standard InChI is InChI=1S/C19H18Cl2F2N2O3S/c20-14-5-1-6-15(21)13(14)11-29(27,28)25-9-3-4-12(10-25)19(26)24-18-16(22)7-2-8-17(18)23/h1-2,5-8,12H,3-4,9-11H2,(H,24,26)/t12-/m1/s1. The van der Waals surface area contributed by atoms with Gasteiger partial charge >= 0.3 is 0 Å². The number of amides is 1. The first-order chi connectivity index (χ1) is 13.7. The molecule has 1 N–H and O–H groups in total. The number of carbonyl (C=O) groups excluding carboxylic acids is 1. The summed E-state index contributed by atoms with van der Waals surface area (Å²) >= 11 is 12.1. The molecule has 10 heteroatoms. The van der Waals surface area contributed by atoms with E-state index in [-0.39, 0.29) is 28.7 Å². The number of carbonyl (C=O) groups is 1. The Morgan fingerprint density at radius 3 is 2.31 bits per heavy atom. The maximum absolute atomic E-state index is 13.8. The molecule has 156 valence electrons. The Morgan fingerprint density at radius 1 is 1.10 bits per heavy atom. The molecule has 0 aromatic heterocycles. The molecule has 1 atom stereocenters. The van der Waals surface area contributed by atoms with Crippen molar-refractivity contribution in [2.45, 2.75) is 18.6 Å². The Morgan fingerprint density at radius 2 is 1.69 bits per heavy atom. The zero-order valence-corrected chi connectivity index (χ0v) is 17.5. The topological polar surface area (TPSA) is 66.5 Å². The van der Waals surface area contributed by atoms with Gasteiger partial charge in [0.05, 0.1) is 11.7 Å². The summed E-state index contributed by atoms with van der Waals surface area (Å²) in [5.41, 5.74) is -0.254. The minimum atomic E-state index is -3.80. The van der Waals surface area contributed by atoms with E-state index in [4.69, 9.17) is 23.2 Å². The number of nitrogens with zero attached hydrogens (tertiary/aromatic N) is 1. The van der Waals surface area contributed by atoms with E-state index in [1.54, 1.807) is 18.2 Å². The molecule has 1 amide bonds. The molecular formula is C19H18Cl2F2N2O3S. The lowest BCUT2D eigenvalue weighted by Gasteiger charge is -2.31. The molecule has 5 nitrogen and oxygen atoms in total. The van der Waals surface area contributed by atoms with Gasteiger partial charge < -0.3 is 5.32 Å². The van der Waals surface area contributed by atoms with Crippen LogP contribution in [-0.2, 0) is 20.6 Å². The number of sulfonamides is 1. The van der Waals surface area contributed by atoms with Gasteiger partial charge in [0.25, 0.3) is 0 Å². The first kappa shape index (κ1) is 22.0. The molecule has 1 aliphatic rings. The van der Waals surface area contributed by atoms with E-state index in [2.05, 4.69) is 5.32 Å². The molecule has 1 aliphatic heterocycles. The zero-order valence-electron chi connectivity index (χ0n) is 15.2. The SMILES string of the molecule is O=C(Nc1c(F)cccc1F)[C@@H]1CCCN(S(=O)(=O)Cc2c(Cl)cccc2Cl)C1. The van der Waals surface area contributed by atoms with E-state index in [9.17, 15) is 22.0 Å². The van der Waals surface area contributed by atoms with Gasteiger partial charge in [-0.05, 0) is 37.1 Å². The second kappa shape index (κ2) is 8.95. The molecule has 3 rings (SSSR count). The molecule has 1 heterocycles. The smallest absolute Gasteiger partial charge is 0.228 e. The molecule has 0 aliphatic carbocycles. The lowest BCUT2D eigenvalue weighted by molar-refractivity contribution is -0.120. The molecule has 1 fully saturated rings. The normalized spacial score (nSPS) is 17.9. The van der Waals surface area contributed by atoms with E-state index in [1.165, 1.54) is 10.4 Å². The average Bonchev–Trinajstić information content (AvgIpc) is 2.68. The van der Waals surface area contributed by atoms with Crippen molar-refractivity contribution in [3.8, 4) is 0 Å². The third kappa shape index (κ3) is 5.06. The second-order valence-corrected chi connectivity index (χ2v) is 9.52. The number of para-hydroxylation sites is 1. The van der Waals surface area contributed by atoms with Crippen LogP contribution in [0.2, 0.25) is 10.0 Å². The summed E-state index contributed by atoms with van der Waals surface area (Å²) in [4.78, 5) is 12.5. The first-order valence-corrected chi connectivity index (χ1v) is 11.2. The number of anilines is 1. The summed E-state index contributed by atoms with van der Waals surface area (Å²) in [6, 6.07) is 7.97. The van der Waals surface area contributed by atoms with Crippen molar-refractivity contribution in [3.05, 3.63) is 63.6 Å². The van der Waals surface area contributed by atoms with Crippen molar-refractivity contribution in [1.82, 2.24) is 4.31 Å². The van der Waals surface area contributed by atoms with E-state index in [0.29, 0.717) is 12.8 Å². The number of benzene rings is 2. The summed E-state index contributed by atoms with van der Waals surface area (Å²) in [5.74, 6) is -3.56. The number of piperidine rings is 1. The van der Waals surface area contributed by atoms with Crippen LogP contribution in [0.4, 0.5) is 14.5 Å². The molecule has 0 spiro atoms. The van der Waals surface area contributed by atoms with E-state index < -0.39 is 44.9 Å². The Hall–Kier alpha value is -1.74. The van der Waals surface area contributed by atoms with Crippen molar-refractivity contribution < 1.29 is 22.0 Å². The fourth-order valence-electron chi connectivity index (χ4n) is 3.20. The van der Waals surface area contributed by atoms with Crippen LogP contribution < -0.4 is 5.32 Å². The van der Waals surface area contributed by atoms with Gasteiger partial charge in [0.15, 0.2) is 0 Å². The number of rotatable bonds is 5. The van der Waals surface area contributed by atoms with E-state index >= 15 is 0 Å². The molecule has 2 aromatic rings. The Kier molecular flexibility index (Phi) is 6.78. The van der Waals surface area contributed by atoms with Crippen molar-refractivity contribution in [3.63, 3.8) is 0 Å². The quantitative estimate of drug-likeness (QED) is 0.713. The maximum Gasteiger partial charge on any atom is 0.228 e. The van der Waals surface area contributed by atoms with Gasteiger partial charge in [-0.25, -0.2) is 21.5 Å². The van der Waals surface area contributed by atoms with Crippen molar-refractivity contribution in [1.29, 1.82) is 0 Å². The zero-order chi connectivity index (χ0) is 21.2. The maximum atomic E-state index is 13.8. The van der Waals surface area contributed by atoms with Gasteiger partial charge in [-0.15, -0.1) is 0 Å². The molecule has 0 saturated carbocycles. The van der Waals surface area contributed by atoms with Crippen LogP contribution in [0.3, 0.4) is 0 Å². The van der Waals surface area contributed by atoms with Crippen molar-refractivity contribution in [2.24, 2.45) is 5.92 Å². The highest BCUT2D eigenvalue weighted by Crippen LogP contribution is 2.29. The molecule has 1 saturated heterocycles. The molecule has 0 unspecified atom stereocenters. The van der Waals surface area contributed by atoms with Gasteiger partial charge in [0.1, 0.15) is 17.3 Å². The minimum absolute atomic E-state index is 0.0910. The second-order valence-electron chi connectivity index (χ2n) is 6.74. The van der Waals surface area contributed by atoms with Crippen LogP contribution in [0.15, 0.2) is 36.4 Å². The first-order valence-electron chi connectivity index (χ1n) is 8.84. The summed E-state index contributed by atoms with van der Waals surface area (Å²) in [6.07, 6.45) is 0.841. The summed E-state index contributed by atoms with van der Waals surface area (Å²) in [5, 5.41) is 2.71. The lowest BCUT2D eigenvalue weighted by Crippen LogP contribution is -2.44. The van der Waals surface area contributed by atoms with Crippen molar-refractivity contribution >= 4 is 44.8 Å². The van der Waals surface area contributed by atoms with Crippen LogP contribution in [0, 0.1) is 17.6 Å². The van der Waals surface area contributed by atoms with Crippen LogP contribution in [0.5, 0.6) is 0 Å². The lowest BCUT2D eigenvalue weighted by atomic mass is 9.98. The van der Waals surface area contributed by atoms with Gasteiger partial charge in [-0.3, -0.25) is 4.79 Å². The Labute approximate surface area is 177 Å². The monoisotopic (exact) mass is 462 g/mol. The van der Waals surface area contributed by atoms with Crippen LogP contribution in [-0.4, -0.2) is 31.7 Å². The van der Waals surface area contributed by atoms with Crippen LogP contribution >= 0.6 is 23.2 Å². The number of hydrogen-bond donors (Lipinski definition) is 1. The summed E-state index contributed by atoms with van der Waals surface area (Å²) < 4.78 is 54.4. The fourth-order valence-corrected chi connectivity index (χ4v) is 5.56. The highest BCUT2D eigenvalue weighted by atomic mass is 35.5. The number of hydrogen-bond acceptors (Lipinski definition) is 3. The van der Waals surface area contributed by atoms with Gasteiger partial charge in [-0.2, -0.15) is 0 Å². The number of nitrogens with one attached hydrogen (secondary N) is 1. The predicted octanol–water partition coefficient (Wildman–Crippen LogP) is 4.45. The van der Waals surface area contributed by atoms with Gasteiger partial charge in [-0.1, -0.05) is 35.3 Å². The third-order valence-corrected chi connectivity index (χ3v) is 7.23. The summed E-state index contributed by atoms with van der Waals surface area (Å²) in [6.45, 7) is 0.147. The summed E-state index contributed by atoms with van der Waals surface area (Å²) in [7, 11) is -3.80. The Balaban J connectivity index is 1.73.